The van der Waals surface area contributed by atoms with E-state index in [9.17, 15) is 0 Å². The van der Waals surface area contributed by atoms with Gasteiger partial charge in [0.1, 0.15) is 5.15 Å². The van der Waals surface area contributed by atoms with Crippen LogP contribution in [0, 0.1) is 6.92 Å². The van der Waals surface area contributed by atoms with Gasteiger partial charge in [0.25, 0.3) is 0 Å². The Morgan fingerprint density at radius 1 is 1.30 bits per heavy atom. The van der Waals surface area contributed by atoms with Gasteiger partial charge in [-0.2, -0.15) is 10.2 Å². The number of methoxy groups -OCH3 is 1. The molecule has 3 aromatic rings. The van der Waals surface area contributed by atoms with Gasteiger partial charge in [-0.1, -0.05) is 11.6 Å². The molecule has 3 heterocycles. The SMILES string of the molecule is COC=CCc1c(-n2ccc(-n3nccn3)n2)cc(C)nc1Cl. The van der Waals surface area contributed by atoms with Crippen LogP contribution >= 0.6 is 11.6 Å². The van der Waals surface area contributed by atoms with Crippen LogP contribution in [0.2, 0.25) is 5.15 Å². The van der Waals surface area contributed by atoms with Crippen LogP contribution in [0.1, 0.15) is 11.3 Å². The van der Waals surface area contributed by atoms with Gasteiger partial charge in [-0.15, -0.1) is 9.90 Å². The first-order valence-electron chi connectivity index (χ1n) is 6.95. The molecule has 0 spiro atoms. The van der Waals surface area contributed by atoms with Crippen molar-refractivity contribution in [3.05, 3.63) is 59.5 Å². The summed E-state index contributed by atoms with van der Waals surface area (Å²) < 4.78 is 6.68. The van der Waals surface area contributed by atoms with E-state index in [-0.39, 0.29) is 0 Å². The maximum atomic E-state index is 6.31. The largest absolute Gasteiger partial charge is 0.505 e. The monoisotopic (exact) mass is 330 g/mol. The van der Waals surface area contributed by atoms with E-state index in [1.807, 2.05) is 31.3 Å². The third-order valence-electron chi connectivity index (χ3n) is 3.18. The van der Waals surface area contributed by atoms with E-state index in [1.54, 1.807) is 30.4 Å². The minimum atomic E-state index is 0.454. The van der Waals surface area contributed by atoms with Crippen molar-refractivity contribution >= 4 is 11.6 Å². The molecule has 0 fully saturated rings. The predicted octanol–water partition coefficient (Wildman–Crippen LogP) is 2.51. The Morgan fingerprint density at radius 2 is 2.09 bits per heavy atom. The van der Waals surface area contributed by atoms with Crippen LogP contribution in [0.4, 0.5) is 0 Å². The van der Waals surface area contributed by atoms with E-state index in [0.717, 1.165) is 16.9 Å². The van der Waals surface area contributed by atoms with Gasteiger partial charge in [-0.25, -0.2) is 9.67 Å². The number of hydrogen-bond acceptors (Lipinski definition) is 5. The van der Waals surface area contributed by atoms with Crippen LogP contribution < -0.4 is 0 Å². The van der Waals surface area contributed by atoms with Crippen LogP contribution in [-0.2, 0) is 11.2 Å². The van der Waals surface area contributed by atoms with E-state index >= 15 is 0 Å². The Labute approximate surface area is 138 Å². The second kappa shape index (κ2) is 6.62. The van der Waals surface area contributed by atoms with E-state index in [2.05, 4.69) is 20.3 Å². The zero-order valence-corrected chi connectivity index (χ0v) is 13.5. The van der Waals surface area contributed by atoms with E-state index in [4.69, 9.17) is 16.3 Å². The predicted molar refractivity (Wildman–Crippen MR) is 85.9 cm³/mol. The molecule has 7 nitrogen and oxygen atoms in total. The number of ether oxygens (including phenoxy) is 1. The summed E-state index contributed by atoms with van der Waals surface area (Å²) in [6.45, 7) is 1.89. The molecule has 0 atom stereocenters. The molecule has 0 amide bonds. The van der Waals surface area contributed by atoms with Gasteiger partial charge >= 0.3 is 0 Å². The van der Waals surface area contributed by atoms with Gasteiger partial charge in [0.15, 0.2) is 5.82 Å². The first kappa shape index (κ1) is 15.2. The molecule has 0 saturated heterocycles. The number of hydrogen-bond donors (Lipinski definition) is 0. The van der Waals surface area contributed by atoms with Gasteiger partial charge in [0.2, 0.25) is 0 Å². The van der Waals surface area contributed by atoms with E-state index in [0.29, 0.717) is 17.4 Å². The lowest BCUT2D eigenvalue weighted by Gasteiger charge is -2.10. The number of halogens is 1. The number of nitrogens with zero attached hydrogens (tertiary/aromatic N) is 6. The molecule has 0 unspecified atom stereocenters. The third kappa shape index (κ3) is 3.24. The van der Waals surface area contributed by atoms with Crippen LogP contribution in [0.15, 0.2) is 43.1 Å². The van der Waals surface area contributed by atoms with Crippen molar-refractivity contribution in [3.8, 4) is 11.5 Å². The fraction of sp³-hybridized carbons (Fsp3) is 0.200. The molecule has 0 saturated carbocycles. The van der Waals surface area contributed by atoms with Crippen LogP contribution in [0.3, 0.4) is 0 Å². The summed E-state index contributed by atoms with van der Waals surface area (Å²) in [5.74, 6) is 0.624. The van der Waals surface area contributed by atoms with Crippen LogP contribution in [-0.4, -0.2) is 36.9 Å². The van der Waals surface area contributed by atoms with Crippen molar-refractivity contribution in [1.29, 1.82) is 0 Å². The summed E-state index contributed by atoms with van der Waals surface area (Å²) >= 11 is 6.31. The zero-order chi connectivity index (χ0) is 16.2. The zero-order valence-electron chi connectivity index (χ0n) is 12.7. The topological polar surface area (TPSA) is 70.7 Å². The molecule has 0 radical (unpaired) electrons. The number of aromatic nitrogens is 6. The molecular weight excluding hydrogens is 316 g/mol. The summed E-state index contributed by atoms with van der Waals surface area (Å²) in [5, 5.41) is 13.1. The highest BCUT2D eigenvalue weighted by Crippen LogP contribution is 2.24. The Balaban J connectivity index is 2.03. The average molecular weight is 331 g/mol. The first-order chi connectivity index (χ1) is 11.2. The molecule has 0 aliphatic rings. The minimum absolute atomic E-state index is 0.454. The smallest absolute Gasteiger partial charge is 0.196 e. The molecule has 3 aromatic heterocycles. The normalized spacial score (nSPS) is 11.3. The van der Waals surface area contributed by atoms with Gasteiger partial charge in [0.05, 0.1) is 31.5 Å². The molecule has 0 bridgehead atoms. The molecule has 0 N–H and O–H groups in total. The van der Waals surface area contributed by atoms with Crippen LogP contribution in [0.25, 0.3) is 11.5 Å². The van der Waals surface area contributed by atoms with Gasteiger partial charge < -0.3 is 4.74 Å². The summed E-state index contributed by atoms with van der Waals surface area (Å²) in [7, 11) is 1.60. The summed E-state index contributed by atoms with van der Waals surface area (Å²) in [5.41, 5.74) is 2.55. The number of rotatable bonds is 5. The van der Waals surface area contributed by atoms with Gasteiger partial charge in [0, 0.05) is 23.5 Å². The maximum Gasteiger partial charge on any atom is 0.196 e. The van der Waals surface area contributed by atoms with Crippen molar-refractivity contribution in [2.75, 3.05) is 7.11 Å². The lowest BCUT2D eigenvalue weighted by Crippen LogP contribution is -2.06. The molecule has 23 heavy (non-hydrogen) atoms. The number of allylic oxidation sites excluding steroid dienone is 1. The second-order valence-electron chi connectivity index (χ2n) is 4.80. The summed E-state index contributed by atoms with van der Waals surface area (Å²) in [6.07, 6.45) is 9.13. The Kier molecular flexibility index (Phi) is 4.38. The van der Waals surface area contributed by atoms with Crippen molar-refractivity contribution in [2.45, 2.75) is 13.3 Å². The maximum absolute atomic E-state index is 6.31. The quantitative estimate of drug-likeness (QED) is 0.531. The highest BCUT2D eigenvalue weighted by atomic mass is 35.5. The lowest BCUT2D eigenvalue weighted by atomic mass is 10.1. The molecule has 8 heteroatoms. The lowest BCUT2D eigenvalue weighted by molar-refractivity contribution is 0.337. The number of pyridine rings is 1. The average Bonchev–Trinajstić information content (AvgIpc) is 3.19. The van der Waals surface area contributed by atoms with Gasteiger partial charge in [-0.3, -0.25) is 0 Å². The van der Waals surface area contributed by atoms with Crippen molar-refractivity contribution in [1.82, 2.24) is 29.8 Å². The molecule has 118 valence electrons. The Morgan fingerprint density at radius 3 is 2.83 bits per heavy atom. The fourth-order valence-electron chi connectivity index (χ4n) is 2.19. The third-order valence-corrected chi connectivity index (χ3v) is 3.49. The molecular formula is C15H15ClN6O. The fourth-order valence-corrected chi connectivity index (χ4v) is 2.50. The Hall–Kier alpha value is -2.67. The van der Waals surface area contributed by atoms with E-state index < -0.39 is 0 Å². The van der Waals surface area contributed by atoms with Crippen molar-refractivity contribution < 1.29 is 4.74 Å². The molecule has 3 rings (SSSR count). The first-order valence-corrected chi connectivity index (χ1v) is 7.33. The van der Waals surface area contributed by atoms with Crippen molar-refractivity contribution in [2.24, 2.45) is 0 Å². The van der Waals surface area contributed by atoms with E-state index in [1.165, 1.54) is 4.80 Å². The standard InChI is InChI=1S/C15H15ClN6O/c1-11-10-13(12(15(16)19-11)4-3-9-23-2)21-8-5-14(20-21)22-17-6-7-18-22/h3,5-10H,4H2,1-2H3. The summed E-state index contributed by atoms with van der Waals surface area (Å²) in [4.78, 5) is 5.77. The second-order valence-corrected chi connectivity index (χ2v) is 5.16. The highest BCUT2D eigenvalue weighted by Gasteiger charge is 2.13. The van der Waals surface area contributed by atoms with Crippen LogP contribution in [0.5, 0.6) is 0 Å². The Bertz CT molecular complexity index is 825. The number of aryl methyl sites for hydroxylation is 1. The molecule has 0 aromatic carbocycles. The minimum Gasteiger partial charge on any atom is -0.505 e. The highest BCUT2D eigenvalue weighted by molar-refractivity contribution is 6.30. The van der Waals surface area contributed by atoms with Gasteiger partial charge in [-0.05, 0) is 25.5 Å². The molecule has 0 aliphatic carbocycles. The van der Waals surface area contributed by atoms with Crippen molar-refractivity contribution in [3.63, 3.8) is 0 Å². The molecule has 0 aliphatic heterocycles. The summed E-state index contributed by atoms with van der Waals surface area (Å²) in [6, 6.07) is 3.77.